The van der Waals surface area contributed by atoms with Crippen molar-refractivity contribution in [3.63, 3.8) is 0 Å². The van der Waals surface area contributed by atoms with Gasteiger partial charge in [-0.15, -0.1) is 0 Å². The summed E-state index contributed by atoms with van der Waals surface area (Å²) in [5.41, 5.74) is 0.898. The highest BCUT2D eigenvalue weighted by molar-refractivity contribution is 5.92. The average Bonchev–Trinajstić information content (AvgIpc) is 2.91. The lowest BCUT2D eigenvalue weighted by Gasteiger charge is -2.21. The number of ether oxygens (including phenoxy) is 2. The van der Waals surface area contributed by atoms with Crippen LogP contribution in [0.2, 0.25) is 0 Å². The Balaban J connectivity index is 1.60. The highest BCUT2D eigenvalue weighted by Crippen LogP contribution is 2.31. The lowest BCUT2D eigenvalue weighted by Crippen LogP contribution is -2.36. The van der Waals surface area contributed by atoms with Gasteiger partial charge in [-0.05, 0) is 30.2 Å². The van der Waals surface area contributed by atoms with Crippen LogP contribution < -0.4 is 9.47 Å². The molecule has 0 spiro atoms. The first-order valence-electron chi connectivity index (χ1n) is 8.82. The van der Waals surface area contributed by atoms with Crippen LogP contribution in [0.5, 0.6) is 11.5 Å². The van der Waals surface area contributed by atoms with E-state index < -0.39 is 0 Å². The standard InChI is InChI=1S/C19H24N2O4/c1-2-18(22)20-8-3-9-21(11-10-20)19(23)7-5-15-4-6-16-17(14-15)25-13-12-24-16/h4-7,14H,2-3,8-13H2,1H3. The summed E-state index contributed by atoms with van der Waals surface area (Å²) in [6.07, 6.45) is 4.70. The van der Waals surface area contributed by atoms with Gasteiger partial charge in [-0.2, -0.15) is 0 Å². The number of benzene rings is 1. The van der Waals surface area contributed by atoms with Crippen LogP contribution in [0.3, 0.4) is 0 Å². The molecule has 134 valence electrons. The van der Waals surface area contributed by atoms with E-state index in [0.717, 1.165) is 24.3 Å². The molecule has 6 nitrogen and oxygen atoms in total. The minimum Gasteiger partial charge on any atom is -0.486 e. The van der Waals surface area contributed by atoms with Crippen molar-refractivity contribution in [3.8, 4) is 11.5 Å². The second kappa shape index (κ2) is 8.05. The molecule has 0 unspecified atom stereocenters. The molecule has 0 aliphatic carbocycles. The van der Waals surface area contributed by atoms with E-state index in [9.17, 15) is 9.59 Å². The summed E-state index contributed by atoms with van der Waals surface area (Å²) in [5, 5.41) is 0. The molecule has 2 heterocycles. The molecule has 0 saturated carbocycles. The Morgan fingerprint density at radius 1 is 1.04 bits per heavy atom. The predicted octanol–water partition coefficient (Wildman–Crippen LogP) is 1.94. The van der Waals surface area contributed by atoms with E-state index in [1.54, 1.807) is 17.1 Å². The van der Waals surface area contributed by atoms with Gasteiger partial charge < -0.3 is 19.3 Å². The molecule has 25 heavy (non-hydrogen) atoms. The summed E-state index contributed by atoms with van der Waals surface area (Å²) in [4.78, 5) is 27.9. The van der Waals surface area contributed by atoms with E-state index in [2.05, 4.69) is 0 Å². The fourth-order valence-corrected chi connectivity index (χ4v) is 3.05. The van der Waals surface area contributed by atoms with Gasteiger partial charge in [0.1, 0.15) is 13.2 Å². The molecular weight excluding hydrogens is 320 g/mol. The zero-order valence-corrected chi connectivity index (χ0v) is 14.6. The monoisotopic (exact) mass is 344 g/mol. The summed E-state index contributed by atoms with van der Waals surface area (Å²) < 4.78 is 11.1. The van der Waals surface area contributed by atoms with Crippen LogP contribution in [0.15, 0.2) is 24.3 Å². The average molecular weight is 344 g/mol. The van der Waals surface area contributed by atoms with E-state index in [1.165, 1.54) is 0 Å². The minimum absolute atomic E-state index is 0.0271. The van der Waals surface area contributed by atoms with Gasteiger partial charge in [0.25, 0.3) is 0 Å². The van der Waals surface area contributed by atoms with E-state index in [1.807, 2.05) is 30.0 Å². The Bertz CT molecular complexity index is 671. The molecule has 0 atom stereocenters. The summed E-state index contributed by atoms with van der Waals surface area (Å²) in [5.74, 6) is 1.58. The summed E-state index contributed by atoms with van der Waals surface area (Å²) in [7, 11) is 0. The number of hydrogen-bond donors (Lipinski definition) is 0. The van der Waals surface area contributed by atoms with Crippen molar-refractivity contribution in [1.29, 1.82) is 0 Å². The molecule has 1 saturated heterocycles. The number of rotatable bonds is 3. The maximum Gasteiger partial charge on any atom is 0.246 e. The number of fused-ring (bicyclic) bond motifs is 1. The molecule has 1 aromatic carbocycles. The number of carbonyl (C=O) groups is 2. The van der Waals surface area contributed by atoms with Gasteiger partial charge in [0, 0.05) is 38.7 Å². The van der Waals surface area contributed by atoms with Crippen LogP contribution in [0, 0.1) is 0 Å². The highest BCUT2D eigenvalue weighted by Gasteiger charge is 2.20. The molecule has 2 amide bonds. The van der Waals surface area contributed by atoms with E-state index >= 15 is 0 Å². The van der Waals surface area contributed by atoms with Crippen LogP contribution in [-0.4, -0.2) is 61.0 Å². The number of amides is 2. The number of carbonyl (C=O) groups excluding carboxylic acids is 2. The van der Waals surface area contributed by atoms with Gasteiger partial charge >= 0.3 is 0 Å². The third-order valence-electron chi connectivity index (χ3n) is 4.45. The maximum atomic E-state index is 12.4. The third kappa shape index (κ3) is 4.32. The Kier molecular flexibility index (Phi) is 5.58. The Hall–Kier alpha value is -2.50. The fourth-order valence-electron chi connectivity index (χ4n) is 3.05. The lowest BCUT2D eigenvalue weighted by atomic mass is 10.1. The smallest absolute Gasteiger partial charge is 0.246 e. The van der Waals surface area contributed by atoms with Crippen molar-refractivity contribution in [2.45, 2.75) is 19.8 Å². The van der Waals surface area contributed by atoms with Gasteiger partial charge in [-0.1, -0.05) is 13.0 Å². The van der Waals surface area contributed by atoms with Crippen LogP contribution >= 0.6 is 0 Å². The molecule has 3 rings (SSSR count). The van der Waals surface area contributed by atoms with Gasteiger partial charge in [0.2, 0.25) is 11.8 Å². The fraction of sp³-hybridized carbons (Fsp3) is 0.474. The van der Waals surface area contributed by atoms with Crippen molar-refractivity contribution in [2.75, 3.05) is 39.4 Å². The van der Waals surface area contributed by atoms with Crippen molar-refractivity contribution in [2.24, 2.45) is 0 Å². The predicted molar refractivity (Wildman–Crippen MR) is 94.5 cm³/mol. The zero-order valence-electron chi connectivity index (χ0n) is 14.6. The highest BCUT2D eigenvalue weighted by atomic mass is 16.6. The van der Waals surface area contributed by atoms with Gasteiger partial charge in [-0.25, -0.2) is 0 Å². The van der Waals surface area contributed by atoms with Crippen molar-refractivity contribution in [1.82, 2.24) is 9.80 Å². The van der Waals surface area contributed by atoms with Crippen LogP contribution in [0.1, 0.15) is 25.3 Å². The van der Waals surface area contributed by atoms with Gasteiger partial charge in [0.05, 0.1) is 0 Å². The second-order valence-corrected chi connectivity index (χ2v) is 6.15. The van der Waals surface area contributed by atoms with Gasteiger partial charge in [0.15, 0.2) is 11.5 Å². The first-order chi connectivity index (χ1) is 12.2. The maximum absolute atomic E-state index is 12.4. The molecule has 0 N–H and O–H groups in total. The Morgan fingerprint density at radius 2 is 1.76 bits per heavy atom. The van der Waals surface area contributed by atoms with Crippen molar-refractivity contribution in [3.05, 3.63) is 29.8 Å². The van der Waals surface area contributed by atoms with E-state index in [0.29, 0.717) is 45.0 Å². The quantitative estimate of drug-likeness (QED) is 0.787. The minimum atomic E-state index is -0.0271. The summed E-state index contributed by atoms with van der Waals surface area (Å²) >= 11 is 0. The Labute approximate surface area is 148 Å². The molecule has 0 aromatic heterocycles. The zero-order chi connectivity index (χ0) is 17.6. The second-order valence-electron chi connectivity index (χ2n) is 6.15. The largest absolute Gasteiger partial charge is 0.486 e. The van der Waals surface area contributed by atoms with Crippen LogP contribution in [0.25, 0.3) is 6.08 Å². The van der Waals surface area contributed by atoms with Crippen LogP contribution in [-0.2, 0) is 9.59 Å². The first-order valence-corrected chi connectivity index (χ1v) is 8.82. The van der Waals surface area contributed by atoms with Crippen molar-refractivity contribution < 1.29 is 19.1 Å². The third-order valence-corrected chi connectivity index (χ3v) is 4.45. The molecule has 2 aliphatic heterocycles. The Morgan fingerprint density at radius 3 is 2.56 bits per heavy atom. The van der Waals surface area contributed by atoms with E-state index in [4.69, 9.17) is 9.47 Å². The topological polar surface area (TPSA) is 59.1 Å². The molecule has 1 aromatic rings. The van der Waals surface area contributed by atoms with Crippen molar-refractivity contribution >= 4 is 17.9 Å². The SMILES string of the molecule is CCC(=O)N1CCCN(C(=O)C=Cc2ccc3c(c2)OCCO3)CC1. The summed E-state index contributed by atoms with van der Waals surface area (Å²) in [6.45, 7) is 5.56. The first kappa shape index (κ1) is 17.3. The molecule has 6 heteroatoms. The number of hydrogen-bond acceptors (Lipinski definition) is 4. The van der Waals surface area contributed by atoms with Gasteiger partial charge in [-0.3, -0.25) is 9.59 Å². The van der Waals surface area contributed by atoms with Crippen LogP contribution in [0.4, 0.5) is 0 Å². The molecule has 0 radical (unpaired) electrons. The molecule has 0 bridgehead atoms. The molecule has 2 aliphatic rings. The number of nitrogens with zero attached hydrogens (tertiary/aromatic N) is 2. The molecular formula is C19H24N2O4. The summed E-state index contributed by atoms with van der Waals surface area (Å²) in [6, 6.07) is 5.64. The normalized spacial score (nSPS) is 17.5. The molecule has 1 fully saturated rings. The lowest BCUT2D eigenvalue weighted by molar-refractivity contribution is -0.131. The van der Waals surface area contributed by atoms with E-state index in [-0.39, 0.29) is 11.8 Å².